The molecule has 0 aromatic carbocycles. The van der Waals surface area contributed by atoms with Crippen LogP contribution in [0.25, 0.3) is 0 Å². The Kier molecular flexibility index (Phi) is 2.42. The summed E-state index contributed by atoms with van der Waals surface area (Å²) in [5.74, 6) is 0.740. The zero-order valence-electron chi connectivity index (χ0n) is 8.49. The van der Waals surface area contributed by atoms with Crippen LogP contribution in [0.15, 0.2) is 4.99 Å². The Morgan fingerprint density at radius 2 is 2.15 bits per heavy atom. The van der Waals surface area contributed by atoms with Gasteiger partial charge in [0.25, 0.3) is 6.02 Å². The first kappa shape index (κ1) is 8.85. The number of rotatable bonds is 0. The fourth-order valence-corrected chi connectivity index (χ4v) is 2.42. The fraction of sp³-hybridized carbons (Fsp3) is 0.900. The molecule has 74 valence electrons. The van der Waals surface area contributed by atoms with Crippen molar-refractivity contribution in [2.75, 3.05) is 20.6 Å². The summed E-state index contributed by atoms with van der Waals surface area (Å²) in [5.41, 5.74) is 0. The molecular weight excluding hydrogens is 164 g/mol. The summed E-state index contributed by atoms with van der Waals surface area (Å²) in [7, 11) is 3.86. The average molecular weight is 182 g/mol. The maximum absolute atomic E-state index is 5.83. The van der Waals surface area contributed by atoms with Gasteiger partial charge in [0.05, 0.1) is 0 Å². The lowest BCUT2D eigenvalue weighted by Gasteiger charge is -2.40. The van der Waals surface area contributed by atoms with Crippen LogP contribution in [0.3, 0.4) is 0 Å². The van der Waals surface area contributed by atoms with E-state index in [1.165, 1.54) is 25.7 Å². The predicted octanol–water partition coefficient (Wildman–Crippen LogP) is 1.49. The summed E-state index contributed by atoms with van der Waals surface area (Å²) >= 11 is 0. The number of ether oxygens (including phenoxy) is 1. The quantitative estimate of drug-likeness (QED) is 0.567. The van der Waals surface area contributed by atoms with Gasteiger partial charge in [-0.15, -0.1) is 0 Å². The van der Waals surface area contributed by atoms with Gasteiger partial charge >= 0.3 is 0 Å². The first-order chi connectivity index (χ1) is 6.31. The molecule has 0 spiro atoms. The maximum Gasteiger partial charge on any atom is 0.287 e. The Morgan fingerprint density at radius 3 is 2.92 bits per heavy atom. The molecule has 2 unspecified atom stereocenters. The van der Waals surface area contributed by atoms with Crippen molar-refractivity contribution in [1.29, 1.82) is 0 Å². The largest absolute Gasteiger partial charge is 0.461 e. The van der Waals surface area contributed by atoms with Crippen LogP contribution in [0.1, 0.15) is 25.7 Å². The van der Waals surface area contributed by atoms with Gasteiger partial charge in [-0.25, -0.2) is 4.99 Å². The van der Waals surface area contributed by atoms with E-state index in [4.69, 9.17) is 4.74 Å². The Bertz CT molecular complexity index is 215. The van der Waals surface area contributed by atoms with Crippen LogP contribution in [-0.4, -0.2) is 37.7 Å². The zero-order valence-corrected chi connectivity index (χ0v) is 8.49. The molecule has 2 fully saturated rings. The van der Waals surface area contributed by atoms with Crippen LogP contribution < -0.4 is 0 Å². The number of hydrogen-bond donors (Lipinski definition) is 0. The van der Waals surface area contributed by atoms with Crippen molar-refractivity contribution >= 4 is 6.02 Å². The Hall–Kier alpha value is -0.730. The monoisotopic (exact) mass is 182 g/mol. The number of aliphatic imine (C=N–C) groups is 1. The third-order valence-electron chi connectivity index (χ3n) is 3.12. The molecule has 0 radical (unpaired) electrons. The highest BCUT2D eigenvalue weighted by molar-refractivity contribution is 5.74. The highest BCUT2D eigenvalue weighted by Crippen LogP contribution is 2.30. The number of nitrogens with zero attached hydrogens (tertiary/aromatic N) is 2. The molecule has 2 rings (SSSR count). The van der Waals surface area contributed by atoms with Crippen molar-refractivity contribution < 1.29 is 4.74 Å². The number of hydrogen-bond acceptors (Lipinski definition) is 2. The Balaban J connectivity index is 2.05. The zero-order chi connectivity index (χ0) is 9.26. The summed E-state index contributed by atoms with van der Waals surface area (Å²) in [6, 6.07) is 0.822. The predicted molar refractivity (Wildman–Crippen MR) is 52.8 cm³/mol. The van der Waals surface area contributed by atoms with E-state index in [0.29, 0.717) is 6.10 Å². The van der Waals surface area contributed by atoms with Gasteiger partial charge in [0.1, 0.15) is 6.10 Å². The molecule has 1 saturated heterocycles. The molecule has 0 N–H and O–H groups in total. The van der Waals surface area contributed by atoms with Crippen molar-refractivity contribution in [2.24, 2.45) is 10.9 Å². The van der Waals surface area contributed by atoms with Gasteiger partial charge in [-0.2, -0.15) is 0 Å². The SMILES string of the molecule is CN=C1OC2CCCCC2CN1C. The minimum Gasteiger partial charge on any atom is -0.461 e. The molecule has 3 heteroatoms. The standard InChI is InChI=1S/C10H18N2O/c1-11-10-12(2)7-8-5-3-4-6-9(8)13-10/h8-9H,3-7H2,1-2H3. The molecule has 1 aliphatic heterocycles. The van der Waals surface area contributed by atoms with E-state index in [1.54, 1.807) is 7.05 Å². The lowest BCUT2D eigenvalue weighted by Crippen LogP contribution is -2.48. The molecule has 0 bridgehead atoms. The third-order valence-corrected chi connectivity index (χ3v) is 3.12. The minimum atomic E-state index is 0.448. The summed E-state index contributed by atoms with van der Waals surface area (Å²) in [4.78, 5) is 6.27. The average Bonchev–Trinajstić information content (AvgIpc) is 2.17. The van der Waals surface area contributed by atoms with Gasteiger partial charge in [0.15, 0.2) is 0 Å². The van der Waals surface area contributed by atoms with Crippen LogP contribution in [-0.2, 0) is 4.74 Å². The molecule has 2 atom stereocenters. The molecule has 3 nitrogen and oxygen atoms in total. The second kappa shape index (κ2) is 3.56. The Labute approximate surface area is 79.8 Å². The molecule has 0 aromatic heterocycles. The molecule has 0 aromatic rings. The number of fused-ring (bicyclic) bond motifs is 1. The highest BCUT2D eigenvalue weighted by Gasteiger charge is 2.33. The van der Waals surface area contributed by atoms with Crippen LogP contribution in [0.4, 0.5) is 0 Å². The summed E-state index contributed by atoms with van der Waals surface area (Å²) < 4.78 is 5.83. The lowest BCUT2D eigenvalue weighted by molar-refractivity contribution is 0.0193. The van der Waals surface area contributed by atoms with Crippen molar-refractivity contribution in [1.82, 2.24) is 4.90 Å². The van der Waals surface area contributed by atoms with Crippen LogP contribution in [0, 0.1) is 5.92 Å². The molecule has 1 heterocycles. The molecule has 2 aliphatic rings. The van der Waals surface area contributed by atoms with E-state index in [1.807, 2.05) is 0 Å². The van der Waals surface area contributed by atoms with E-state index in [0.717, 1.165) is 18.5 Å². The summed E-state index contributed by atoms with van der Waals surface area (Å²) in [5, 5.41) is 0. The van der Waals surface area contributed by atoms with Crippen molar-refractivity contribution in [3.05, 3.63) is 0 Å². The van der Waals surface area contributed by atoms with Gasteiger partial charge in [-0.1, -0.05) is 6.42 Å². The van der Waals surface area contributed by atoms with Gasteiger partial charge in [-0.05, 0) is 19.3 Å². The van der Waals surface area contributed by atoms with Crippen LogP contribution in [0.2, 0.25) is 0 Å². The fourth-order valence-electron chi connectivity index (χ4n) is 2.42. The van der Waals surface area contributed by atoms with Gasteiger partial charge in [0.2, 0.25) is 0 Å². The summed E-state index contributed by atoms with van der Waals surface area (Å²) in [6.45, 7) is 1.12. The van der Waals surface area contributed by atoms with E-state index in [-0.39, 0.29) is 0 Å². The van der Waals surface area contributed by atoms with E-state index >= 15 is 0 Å². The molecule has 13 heavy (non-hydrogen) atoms. The van der Waals surface area contributed by atoms with E-state index < -0.39 is 0 Å². The second-order valence-electron chi connectivity index (χ2n) is 4.09. The second-order valence-corrected chi connectivity index (χ2v) is 4.09. The topological polar surface area (TPSA) is 24.8 Å². The van der Waals surface area contributed by atoms with Crippen LogP contribution in [0.5, 0.6) is 0 Å². The first-order valence-electron chi connectivity index (χ1n) is 5.16. The third kappa shape index (κ3) is 1.64. The maximum atomic E-state index is 5.83. The first-order valence-corrected chi connectivity index (χ1v) is 5.16. The van der Waals surface area contributed by atoms with Crippen molar-refractivity contribution in [3.8, 4) is 0 Å². The lowest BCUT2D eigenvalue weighted by atomic mass is 9.85. The number of amidine groups is 1. The normalized spacial score (nSPS) is 37.1. The molecule has 0 amide bonds. The summed E-state index contributed by atoms with van der Waals surface area (Å²) in [6.07, 6.45) is 5.69. The van der Waals surface area contributed by atoms with Gasteiger partial charge in [0, 0.05) is 26.6 Å². The van der Waals surface area contributed by atoms with E-state index in [9.17, 15) is 0 Å². The van der Waals surface area contributed by atoms with Crippen LogP contribution >= 0.6 is 0 Å². The van der Waals surface area contributed by atoms with E-state index in [2.05, 4.69) is 16.9 Å². The van der Waals surface area contributed by atoms with Gasteiger partial charge in [-0.3, -0.25) is 0 Å². The Morgan fingerprint density at radius 1 is 1.38 bits per heavy atom. The van der Waals surface area contributed by atoms with Crippen molar-refractivity contribution in [3.63, 3.8) is 0 Å². The molecule has 1 aliphatic carbocycles. The minimum absolute atomic E-state index is 0.448. The highest BCUT2D eigenvalue weighted by atomic mass is 16.5. The molecular formula is C10H18N2O. The van der Waals surface area contributed by atoms with Gasteiger partial charge < -0.3 is 9.64 Å². The smallest absolute Gasteiger partial charge is 0.287 e. The molecule has 1 saturated carbocycles. The van der Waals surface area contributed by atoms with Crippen molar-refractivity contribution in [2.45, 2.75) is 31.8 Å².